The molecule has 1 aliphatic heterocycles. The summed E-state index contributed by atoms with van der Waals surface area (Å²) in [4.78, 5) is 21.0. The van der Waals surface area contributed by atoms with Gasteiger partial charge in [-0.3, -0.25) is 4.79 Å². The zero-order valence-corrected chi connectivity index (χ0v) is 16.3. The van der Waals surface area contributed by atoms with E-state index in [1.165, 1.54) is 0 Å². The van der Waals surface area contributed by atoms with Crippen molar-refractivity contribution in [2.45, 2.75) is 12.8 Å². The summed E-state index contributed by atoms with van der Waals surface area (Å²) in [5.74, 6) is 0.764. The van der Waals surface area contributed by atoms with E-state index in [0.29, 0.717) is 13.2 Å². The second kappa shape index (κ2) is 8.62. The zero-order chi connectivity index (χ0) is 18.5. The number of ether oxygens (including phenoxy) is 2. The third-order valence-corrected chi connectivity index (χ3v) is 5.17. The molecule has 0 aliphatic carbocycles. The quantitative estimate of drug-likeness (QED) is 0.710. The molecule has 1 amide bonds. The fourth-order valence-corrected chi connectivity index (χ4v) is 3.69. The van der Waals surface area contributed by atoms with Crippen molar-refractivity contribution < 1.29 is 14.3 Å². The van der Waals surface area contributed by atoms with Gasteiger partial charge in [-0.25, -0.2) is 4.98 Å². The van der Waals surface area contributed by atoms with Crippen LogP contribution in [-0.4, -0.2) is 63.3 Å². The largest absolute Gasteiger partial charge is 0.482 e. The summed E-state index contributed by atoms with van der Waals surface area (Å²) in [5.41, 5.74) is 2.76. The Balaban J connectivity index is 1.81. The molecule has 0 radical (unpaired) electrons. The van der Waals surface area contributed by atoms with Gasteiger partial charge in [0.15, 0.2) is 6.61 Å². The summed E-state index contributed by atoms with van der Waals surface area (Å²) in [7, 11) is 5.77. The maximum atomic E-state index is 12.4. The van der Waals surface area contributed by atoms with Crippen molar-refractivity contribution in [2.24, 2.45) is 0 Å². The Bertz CT molecular complexity index is 760. The molecular weight excluding hydrogens is 350 g/mol. The predicted octanol–water partition coefficient (Wildman–Crippen LogP) is 2.68. The van der Waals surface area contributed by atoms with Gasteiger partial charge in [-0.15, -0.1) is 11.3 Å². The molecule has 0 fully saturated rings. The van der Waals surface area contributed by atoms with Gasteiger partial charge in [0.2, 0.25) is 0 Å². The highest BCUT2D eigenvalue weighted by Crippen LogP contribution is 2.36. The second-order valence-corrected chi connectivity index (χ2v) is 7.49. The molecular formula is C19H25N3O3S. The Morgan fingerprint density at radius 3 is 3.00 bits per heavy atom. The maximum absolute atomic E-state index is 12.4. The van der Waals surface area contributed by atoms with Crippen molar-refractivity contribution in [1.29, 1.82) is 0 Å². The molecule has 0 saturated heterocycles. The zero-order valence-electron chi connectivity index (χ0n) is 15.5. The summed E-state index contributed by atoms with van der Waals surface area (Å²) in [5, 5.41) is 3.10. The minimum absolute atomic E-state index is 0.00691. The predicted molar refractivity (Wildman–Crippen MR) is 104 cm³/mol. The normalized spacial score (nSPS) is 13.8. The fraction of sp³-hybridized carbons (Fsp3) is 0.474. The van der Waals surface area contributed by atoms with Gasteiger partial charge in [-0.05, 0) is 45.3 Å². The van der Waals surface area contributed by atoms with Crippen molar-refractivity contribution in [1.82, 2.24) is 9.88 Å². The standard InChI is InChI=1S/C19H25N3O3S/c1-21(2)8-4-9-22-16-11-14(5-6-17(16)25-12-19(22)23)15-13-26-18(20-15)7-10-24-3/h5-6,11,13H,4,7-10,12H2,1-3H3. The number of aromatic nitrogens is 1. The Hall–Kier alpha value is -1.96. The molecule has 2 aromatic rings. The Kier molecular flexibility index (Phi) is 6.24. The van der Waals surface area contributed by atoms with Crippen LogP contribution in [0.2, 0.25) is 0 Å². The Morgan fingerprint density at radius 1 is 1.38 bits per heavy atom. The molecule has 6 nitrogen and oxygen atoms in total. The van der Waals surface area contributed by atoms with Crippen molar-refractivity contribution in [2.75, 3.05) is 52.4 Å². The van der Waals surface area contributed by atoms with Gasteiger partial charge >= 0.3 is 0 Å². The molecule has 1 aromatic heterocycles. The first-order chi connectivity index (χ1) is 12.6. The number of rotatable bonds is 8. The van der Waals surface area contributed by atoms with Crippen molar-refractivity contribution in [3.63, 3.8) is 0 Å². The summed E-state index contributed by atoms with van der Waals surface area (Å²) < 4.78 is 10.7. The third kappa shape index (κ3) is 4.41. The van der Waals surface area contributed by atoms with Crippen LogP contribution in [0.25, 0.3) is 11.3 Å². The van der Waals surface area contributed by atoms with Gasteiger partial charge in [0, 0.05) is 31.0 Å². The highest BCUT2D eigenvalue weighted by atomic mass is 32.1. The Morgan fingerprint density at radius 2 is 2.23 bits per heavy atom. The van der Waals surface area contributed by atoms with E-state index < -0.39 is 0 Å². The van der Waals surface area contributed by atoms with Crippen LogP contribution in [0.15, 0.2) is 23.6 Å². The molecule has 1 aliphatic rings. The molecule has 1 aromatic carbocycles. The van der Waals surface area contributed by atoms with E-state index in [1.54, 1.807) is 18.4 Å². The van der Waals surface area contributed by atoms with E-state index >= 15 is 0 Å². The number of anilines is 1. The highest BCUT2D eigenvalue weighted by molar-refractivity contribution is 7.09. The smallest absolute Gasteiger partial charge is 0.265 e. The number of thiazole rings is 1. The van der Waals surface area contributed by atoms with Gasteiger partial charge in [-0.2, -0.15) is 0 Å². The van der Waals surface area contributed by atoms with Crippen LogP contribution in [0.4, 0.5) is 5.69 Å². The summed E-state index contributed by atoms with van der Waals surface area (Å²) in [6.07, 6.45) is 1.73. The second-order valence-electron chi connectivity index (χ2n) is 6.54. The molecule has 26 heavy (non-hydrogen) atoms. The number of fused-ring (bicyclic) bond motifs is 1. The molecule has 0 N–H and O–H groups in total. The molecule has 0 atom stereocenters. The lowest BCUT2D eigenvalue weighted by molar-refractivity contribution is -0.121. The van der Waals surface area contributed by atoms with Crippen LogP contribution in [0.1, 0.15) is 11.4 Å². The van der Waals surface area contributed by atoms with Crippen LogP contribution >= 0.6 is 11.3 Å². The monoisotopic (exact) mass is 375 g/mol. The van der Waals surface area contributed by atoms with Crippen LogP contribution in [0.5, 0.6) is 5.75 Å². The van der Waals surface area contributed by atoms with E-state index in [0.717, 1.165) is 47.1 Å². The van der Waals surface area contributed by atoms with Gasteiger partial charge in [0.05, 0.1) is 23.0 Å². The average Bonchev–Trinajstić information content (AvgIpc) is 3.10. The number of hydrogen-bond donors (Lipinski definition) is 0. The minimum Gasteiger partial charge on any atom is -0.482 e. The topological polar surface area (TPSA) is 54.9 Å². The van der Waals surface area contributed by atoms with E-state index in [2.05, 4.69) is 15.3 Å². The lowest BCUT2D eigenvalue weighted by Gasteiger charge is -2.30. The number of benzene rings is 1. The van der Waals surface area contributed by atoms with E-state index in [1.807, 2.05) is 37.2 Å². The molecule has 0 saturated carbocycles. The molecule has 2 heterocycles. The van der Waals surface area contributed by atoms with Crippen LogP contribution in [-0.2, 0) is 16.0 Å². The SMILES string of the molecule is COCCc1nc(-c2ccc3c(c2)N(CCCN(C)C)C(=O)CO3)cs1. The molecule has 3 rings (SSSR count). The van der Waals surface area contributed by atoms with Gasteiger partial charge in [0.1, 0.15) is 5.75 Å². The number of hydrogen-bond acceptors (Lipinski definition) is 6. The van der Waals surface area contributed by atoms with Gasteiger partial charge in [-0.1, -0.05) is 0 Å². The van der Waals surface area contributed by atoms with Gasteiger partial charge < -0.3 is 19.3 Å². The molecule has 0 bridgehead atoms. The number of methoxy groups -OCH3 is 1. The summed E-state index contributed by atoms with van der Waals surface area (Å²) in [6, 6.07) is 5.95. The van der Waals surface area contributed by atoms with Crippen LogP contribution < -0.4 is 9.64 Å². The molecule has 0 spiro atoms. The maximum Gasteiger partial charge on any atom is 0.265 e. The van der Waals surface area contributed by atoms with Crippen LogP contribution in [0, 0.1) is 0 Å². The molecule has 7 heteroatoms. The van der Waals surface area contributed by atoms with E-state index in [-0.39, 0.29) is 12.5 Å². The third-order valence-electron chi connectivity index (χ3n) is 4.26. The molecule has 0 unspecified atom stereocenters. The number of amides is 1. The molecule has 140 valence electrons. The number of nitrogens with zero attached hydrogens (tertiary/aromatic N) is 3. The van der Waals surface area contributed by atoms with E-state index in [4.69, 9.17) is 9.47 Å². The van der Waals surface area contributed by atoms with E-state index in [9.17, 15) is 4.79 Å². The number of carbonyl (C=O) groups excluding carboxylic acids is 1. The van der Waals surface area contributed by atoms with Gasteiger partial charge in [0.25, 0.3) is 5.91 Å². The lowest BCUT2D eigenvalue weighted by atomic mass is 10.1. The summed E-state index contributed by atoms with van der Waals surface area (Å²) in [6.45, 7) is 2.40. The summed E-state index contributed by atoms with van der Waals surface area (Å²) >= 11 is 1.63. The average molecular weight is 375 g/mol. The fourth-order valence-electron chi connectivity index (χ4n) is 2.90. The van der Waals surface area contributed by atoms with Crippen molar-refractivity contribution in [3.05, 3.63) is 28.6 Å². The van der Waals surface area contributed by atoms with Crippen molar-refractivity contribution >= 4 is 22.9 Å². The first-order valence-electron chi connectivity index (χ1n) is 8.74. The van der Waals surface area contributed by atoms with Crippen molar-refractivity contribution in [3.8, 4) is 17.0 Å². The van der Waals surface area contributed by atoms with Crippen LogP contribution in [0.3, 0.4) is 0 Å². The Labute approximate surface area is 158 Å². The highest BCUT2D eigenvalue weighted by Gasteiger charge is 2.25. The number of carbonyl (C=O) groups is 1. The first kappa shape index (κ1) is 18.8. The first-order valence-corrected chi connectivity index (χ1v) is 9.62. The lowest BCUT2D eigenvalue weighted by Crippen LogP contribution is -2.40. The minimum atomic E-state index is 0.00691.